The van der Waals surface area contributed by atoms with Gasteiger partial charge in [0.1, 0.15) is 0 Å². The first-order valence-corrected chi connectivity index (χ1v) is 7.40. The SMILES string of the molecule is NCC1(N2CCCCC2)CCCc2ccccc21. The number of likely N-dealkylation sites (tertiary alicyclic amines) is 1. The van der Waals surface area contributed by atoms with E-state index in [4.69, 9.17) is 5.73 Å². The molecule has 98 valence electrons. The zero-order valence-corrected chi connectivity index (χ0v) is 11.2. The van der Waals surface area contributed by atoms with Crippen LogP contribution in [-0.2, 0) is 12.0 Å². The van der Waals surface area contributed by atoms with Gasteiger partial charge in [0.15, 0.2) is 0 Å². The largest absolute Gasteiger partial charge is 0.328 e. The van der Waals surface area contributed by atoms with E-state index in [1.165, 1.54) is 62.7 Å². The van der Waals surface area contributed by atoms with Gasteiger partial charge in [-0.1, -0.05) is 30.7 Å². The Labute approximate surface area is 110 Å². The van der Waals surface area contributed by atoms with Crippen molar-refractivity contribution in [3.63, 3.8) is 0 Å². The molecule has 2 aliphatic rings. The topological polar surface area (TPSA) is 29.3 Å². The molecule has 0 bridgehead atoms. The van der Waals surface area contributed by atoms with Crippen molar-refractivity contribution < 1.29 is 0 Å². The zero-order chi connectivity index (χ0) is 12.4. The van der Waals surface area contributed by atoms with E-state index in [0.29, 0.717) is 0 Å². The summed E-state index contributed by atoms with van der Waals surface area (Å²) in [6, 6.07) is 8.96. The molecule has 0 saturated carbocycles. The second-order valence-electron chi connectivity index (χ2n) is 5.79. The molecule has 1 heterocycles. The van der Waals surface area contributed by atoms with Crippen molar-refractivity contribution in [3.8, 4) is 0 Å². The third-order valence-electron chi connectivity index (χ3n) is 4.85. The highest BCUT2D eigenvalue weighted by molar-refractivity contribution is 5.37. The maximum absolute atomic E-state index is 6.24. The molecule has 1 unspecified atom stereocenters. The van der Waals surface area contributed by atoms with Crippen molar-refractivity contribution in [2.24, 2.45) is 5.73 Å². The molecule has 0 aromatic heterocycles. The number of benzene rings is 1. The molecule has 0 radical (unpaired) electrons. The molecule has 2 N–H and O–H groups in total. The van der Waals surface area contributed by atoms with Gasteiger partial charge in [-0.3, -0.25) is 4.90 Å². The van der Waals surface area contributed by atoms with E-state index in [0.717, 1.165) is 6.54 Å². The quantitative estimate of drug-likeness (QED) is 0.866. The number of aryl methyl sites for hydroxylation is 1. The predicted molar refractivity (Wildman–Crippen MR) is 75.5 cm³/mol. The second kappa shape index (κ2) is 5.02. The van der Waals surface area contributed by atoms with Crippen LogP contribution >= 0.6 is 0 Å². The predicted octanol–water partition coefficient (Wildman–Crippen LogP) is 2.66. The lowest BCUT2D eigenvalue weighted by molar-refractivity contribution is 0.0546. The molecule has 2 heteroatoms. The van der Waals surface area contributed by atoms with E-state index in [-0.39, 0.29) is 5.54 Å². The third kappa shape index (κ3) is 1.88. The second-order valence-corrected chi connectivity index (χ2v) is 5.79. The summed E-state index contributed by atoms with van der Waals surface area (Å²) in [5, 5.41) is 0. The van der Waals surface area contributed by atoms with Gasteiger partial charge < -0.3 is 5.73 Å². The third-order valence-corrected chi connectivity index (χ3v) is 4.85. The molecular formula is C16H24N2. The first-order chi connectivity index (χ1) is 8.87. The molecule has 2 nitrogen and oxygen atoms in total. The minimum Gasteiger partial charge on any atom is -0.328 e. The van der Waals surface area contributed by atoms with Crippen molar-refractivity contribution in [1.29, 1.82) is 0 Å². The Morgan fingerprint density at radius 3 is 2.61 bits per heavy atom. The molecule has 1 aliphatic heterocycles. The summed E-state index contributed by atoms with van der Waals surface area (Å²) in [6.07, 6.45) is 7.81. The van der Waals surface area contributed by atoms with Gasteiger partial charge in [0.25, 0.3) is 0 Å². The number of hydrogen-bond donors (Lipinski definition) is 1. The first kappa shape index (κ1) is 12.2. The summed E-state index contributed by atoms with van der Waals surface area (Å²) >= 11 is 0. The summed E-state index contributed by atoms with van der Waals surface area (Å²) < 4.78 is 0. The Kier molecular flexibility index (Phi) is 3.40. The van der Waals surface area contributed by atoms with Gasteiger partial charge in [0.05, 0.1) is 5.54 Å². The monoisotopic (exact) mass is 244 g/mol. The van der Waals surface area contributed by atoms with Gasteiger partial charge in [-0.25, -0.2) is 0 Å². The number of nitrogens with two attached hydrogens (primary N) is 1. The maximum atomic E-state index is 6.24. The molecule has 1 aromatic rings. The van der Waals surface area contributed by atoms with Crippen LogP contribution in [0.25, 0.3) is 0 Å². The van der Waals surface area contributed by atoms with Gasteiger partial charge in [0, 0.05) is 6.54 Å². The highest BCUT2D eigenvalue weighted by atomic mass is 15.2. The van der Waals surface area contributed by atoms with Crippen LogP contribution in [0, 0.1) is 0 Å². The average molecular weight is 244 g/mol. The van der Waals surface area contributed by atoms with E-state index in [1.807, 2.05) is 0 Å². The molecule has 1 fully saturated rings. The van der Waals surface area contributed by atoms with E-state index in [2.05, 4.69) is 29.2 Å². The van der Waals surface area contributed by atoms with Crippen molar-refractivity contribution in [3.05, 3.63) is 35.4 Å². The number of nitrogens with zero attached hydrogens (tertiary/aromatic N) is 1. The van der Waals surface area contributed by atoms with Gasteiger partial charge in [-0.05, 0) is 56.3 Å². The summed E-state index contributed by atoms with van der Waals surface area (Å²) in [4.78, 5) is 2.68. The van der Waals surface area contributed by atoms with E-state index < -0.39 is 0 Å². The molecule has 0 amide bonds. The van der Waals surface area contributed by atoms with Crippen LogP contribution in [0.4, 0.5) is 0 Å². The lowest BCUT2D eigenvalue weighted by Crippen LogP contribution is -2.54. The Hall–Kier alpha value is -0.860. The van der Waals surface area contributed by atoms with Crippen molar-refractivity contribution in [2.45, 2.75) is 44.1 Å². The van der Waals surface area contributed by atoms with E-state index in [1.54, 1.807) is 0 Å². The maximum Gasteiger partial charge on any atom is 0.0586 e. The molecule has 1 aliphatic carbocycles. The fourth-order valence-electron chi connectivity index (χ4n) is 3.89. The fourth-order valence-corrected chi connectivity index (χ4v) is 3.89. The summed E-state index contributed by atoms with van der Waals surface area (Å²) in [5.41, 5.74) is 9.42. The van der Waals surface area contributed by atoms with Crippen LogP contribution in [0.15, 0.2) is 24.3 Å². The van der Waals surface area contributed by atoms with Crippen LogP contribution < -0.4 is 5.73 Å². The van der Waals surface area contributed by atoms with Crippen LogP contribution in [-0.4, -0.2) is 24.5 Å². The number of hydrogen-bond acceptors (Lipinski definition) is 2. The van der Waals surface area contributed by atoms with Crippen LogP contribution in [0.1, 0.15) is 43.2 Å². The smallest absolute Gasteiger partial charge is 0.0586 e. The van der Waals surface area contributed by atoms with Crippen LogP contribution in [0.3, 0.4) is 0 Å². The average Bonchev–Trinajstić information content (AvgIpc) is 2.47. The van der Waals surface area contributed by atoms with Crippen molar-refractivity contribution in [1.82, 2.24) is 4.90 Å². The Morgan fingerprint density at radius 1 is 1.06 bits per heavy atom. The Balaban J connectivity index is 2.01. The van der Waals surface area contributed by atoms with Gasteiger partial charge in [-0.2, -0.15) is 0 Å². The number of fused-ring (bicyclic) bond motifs is 1. The van der Waals surface area contributed by atoms with E-state index >= 15 is 0 Å². The molecular weight excluding hydrogens is 220 g/mol. The number of piperidine rings is 1. The minimum absolute atomic E-state index is 0.134. The molecule has 1 saturated heterocycles. The number of rotatable bonds is 2. The molecule has 0 spiro atoms. The molecule has 1 atom stereocenters. The van der Waals surface area contributed by atoms with Crippen molar-refractivity contribution in [2.75, 3.05) is 19.6 Å². The standard InChI is InChI=1S/C16H24N2/c17-13-16(18-11-4-1-5-12-18)10-6-8-14-7-2-3-9-15(14)16/h2-3,7,9H,1,4-6,8,10-13,17H2. The highest BCUT2D eigenvalue weighted by Crippen LogP contribution is 2.40. The summed E-state index contributed by atoms with van der Waals surface area (Å²) in [5.74, 6) is 0. The van der Waals surface area contributed by atoms with Gasteiger partial charge >= 0.3 is 0 Å². The zero-order valence-electron chi connectivity index (χ0n) is 11.2. The van der Waals surface area contributed by atoms with Crippen LogP contribution in [0.5, 0.6) is 0 Å². The molecule has 1 aromatic carbocycles. The Bertz CT molecular complexity index is 409. The van der Waals surface area contributed by atoms with Gasteiger partial charge in [-0.15, -0.1) is 0 Å². The first-order valence-electron chi connectivity index (χ1n) is 7.40. The summed E-state index contributed by atoms with van der Waals surface area (Å²) in [7, 11) is 0. The van der Waals surface area contributed by atoms with Crippen LogP contribution in [0.2, 0.25) is 0 Å². The fraction of sp³-hybridized carbons (Fsp3) is 0.625. The van der Waals surface area contributed by atoms with Gasteiger partial charge in [0.2, 0.25) is 0 Å². The molecule has 3 rings (SSSR count). The Morgan fingerprint density at radius 2 is 1.83 bits per heavy atom. The molecule has 18 heavy (non-hydrogen) atoms. The van der Waals surface area contributed by atoms with E-state index in [9.17, 15) is 0 Å². The normalized spacial score (nSPS) is 28.9. The lowest BCUT2D eigenvalue weighted by Gasteiger charge is -2.48. The lowest BCUT2D eigenvalue weighted by atomic mass is 9.74. The minimum atomic E-state index is 0.134. The van der Waals surface area contributed by atoms with Crippen molar-refractivity contribution >= 4 is 0 Å². The highest BCUT2D eigenvalue weighted by Gasteiger charge is 2.40. The summed E-state index contributed by atoms with van der Waals surface area (Å²) in [6.45, 7) is 3.22.